The van der Waals surface area contributed by atoms with Gasteiger partial charge in [0.15, 0.2) is 5.78 Å². The third-order valence-electron chi connectivity index (χ3n) is 3.85. The van der Waals surface area contributed by atoms with Gasteiger partial charge in [-0.15, -0.1) is 0 Å². The summed E-state index contributed by atoms with van der Waals surface area (Å²) >= 11 is 0. The van der Waals surface area contributed by atoms with E-state index < -0.39 is 0 Å². The fourth-order valence-electron chi connectivity index (χ4n) is 2.72. The van der Waals surface area contributed by atoms with Crippen LogP contribution in [0.2, 0.25) is 0 Å². The van der Waals surface area contributed by atoms with E-state index in [0.29, 0.717) is 12.6 Å². The number of nitrogens with zero attached hydrogens (tertiary/aromatic N) is 3. The highest BCUT2D eigenvalue weighted by molar-refractivity contribution is 5.96. The summed E-state index contributed by atoms with van der Waals surface area (Å²) in [6, 6.07) is 4.36. The van der Waals surface area contributed by atoms with Gasteiger partial charge in [0.2, 0.25) is 0 Å². The number of piperazine rings is 1. The van der Waals surface area contributed by atoms with Gasteiger partial charge in [-0.25, -0.2) is 0 Å². The van der Waals surface area contributed by atoms with Crippen molar-refractivity contribution in [3.05, 3.63) is 24.0 Å². The molecular formula is C14H23N3O. The molecule has 1 aliphatic heterocycles. The molecule has 0 radical (unpaired) electrons. The van der Waals surface area contributed by atoms with Crippen LogP contribution in [0.5, 0.6) is 0 Å². The number of Topliss-reactive ketones (excluding diaryl/α,β-unsaturated/α-hetero) is 1. The lowest BCUT2D eigenvalue weighted by molar-refractivity contribution is 0.0717. The van der Waals surface area contributed by atoms with E-state index in [1.165, 1.54) is 0 Å². The van der Waals surface area contributed by atoms with E-state index >= 15 is 0 Å². The van der Waals surface area contributed by atoms with Crippen molar-refractivity contribution in [1.82, 2.24) is 14.4 Å². The lowest BCUT2D eigenvalue weighted by Crippen LogP contribution is -2.52. The van der Waals surface area contributed by atoms with Crippen LogP contribution in [-0.4, -0.2) is 58.9 Å². The summed E-state index contributed by atoms with van der Waals surface area (Å²) in [6.45, 7) is 9.13. The molecule has 0 aromatic carbocycles. The zero-order valence-corrected chi connectivity index (χ0v) is 11.6. The summed E-state index contributed by atoms with van der Waals surface area (Å²) < 4.78 is 1.90. The molecule has 1 unspecified atom stereocenters. The average Bonchev–Trinajstić information content (AvgIpc) is 2.76. The number of likely N-dealkylation sites (N-methyl/N-ethyl adjacent to an activating group) is 1. The van der Waals surface area contributed by atoms with Gasteiger partial charge in [0.25, 0.3) is 0 Å². The van der Waals surface area contributed by atoms with Crippen LogP contribution in [0.3, 0.4) is 0 Å². The Hall–Kier alpha value is -1.13. The molecule has 100 valence electrons. The van der Waals surface area contributed by atoms with Gasteiger partial charge in [-0.05, 0) is 25.6 Å². The maximum atomic E-state index is 12.2. The van der Waals surface area contributed by atoms with Gasteiger partial charge in [0.05, 0.1) is 12.2 Å². The van der Waals surface area contributed by atoms with E-state index in [1.807, 2.05) is 29.9 Å². The highest BCUT2D eigenvalue weighted by atomic mass is 16.1. The summed E-state index contributed by atoms with van der Waals surface area (Å²) in [5.74, 6) is 0.222. The summed E-state index contributed by atoms with van der Waals surface area (Å²) in [7, 11) is 1.92. The second kappa shape index (κ2) is 5.67. The molecule has 1 fully saturated rings. The predicted molar refractivity (Wildman–Crippen MR) is 72.9 cm³/mol. The first kappa shape index (κ1) is 13.3. The quantitative estimate of drug-likeness (QED) is 0.752. The minimum Gasteiger partial charge on any atom is -0.348 e. The maximum Gasteiger partial charge on any atom is 0.193 e. The standard InChI is InChI=1S/C14H23N3O/c1-4-17-9-8-16(10-12(17)2)11-14(18)13-6-5-7-15(13)3/h5-7,12H,4,8-11H2,1-3H3. The number of carbonyl (C=O) groups is 1. The lowest BCUT2D eigenvalue weighted by atomic mass is 10.1. The van der Waals surface area contributed by atoms with Crippen LogP contribution in [0.25, 0.3) is 0 Å². The minimum absolute atomic E-state index is 0.222. The second-order valence-corrected chi connectivity index (χ2v) is 5.14. The number of rotatable bonds is 4. The summed E-state index contributed by atoms with van der Waals surface area (Å²) in [5.41, 5.74) is 0.806. The molecule has 18 heavy (non-hydrogen) atoms. The maximum absolute atomic E-state index is 12.2. The molecule has 0 N–H and O–H groups in total. The largest absolute Gasteiger partial charge is 0.348 e. The van der Waals surface area contributed by atoms with Crippen molar-refractivity contribution in [2.45, 2.75) is 19.9 Å². The number of ketones is 1. The highest BCUT2D eigenvalue weighted by Crippen LogP contribution is 2.10. The van der Waals surface area contributed by atoms with Crippen molar-refractivity contribution in [1.29, 1.82) is 0 Å². The van der Waals surface area contributed by atoms with Crippen molar-refractivity contribution in [2.75, 3.05) is 32.7 Å². The van der Waals surface area contributed by atoms with E-state index in [-0.39, 0.29) is 5.78 Å². The van der Waals surface area contributed by atoms with Gasteiger partial charge in [-0.3, -0.25) is 14.6 Å². The normalized spacial score (nSPS) is 22.3. The van der Waals surface area contributed by atoms with Gasteiger partial charge in [-0.2, -0.15) is 0 Å². The van der Waals surface area contributed by atoms with E-state index in [4.69, 9.17) is 0 Å². The Morgan fingerprint density at radius 1 is 1.44 bits per heavy atom. The monoisotopic (exact) mass is 249 g/mol. The molecule has 0 bridgehead atoms. The second-order valence-electron chi connectivity index (χ2n) is 5.14. The number of hydrogen-bond acceptors (Lipinski definition) is 3. The summed E-state index contributed by atoms with van der Waals surface area (Å²) in [4.78, 5) is 16.9. The van der Waals surface area contributed by atoms with Crippen LogP contribution in [0.15, 0.2) is 18.3 Å². The number of carbonyl (C=O) groups excluding carboxylic acids is 1. The Kier molecular flexibility index (Phi) is 4.19. The highest BCUT2D eigenvalue weighted by Gasteiger charge is 2.24. The SMILES string of the molecule is CCN1CCN(CC(=O)c2cccn2C)CC1C. The molecule has 4 heteroatoms. The first-order chi connectivity index (χ1) is 8.61. The van der Waals surface area contributed by atoms with Crippen molar-refractivity contribution < 1.29 is 4.79 Å². The number of aryl methyl sites for hydroxylation is 1. The molecule has 0 spiro atoms. The molecule has 0 saturated carbocycles. The molecule has 1 saturated heterocycles. The van der Waals surface area contributed by atoms with Crippen LogP contribution in [-0.2, 0) is 7.05 Å². The van der Waals surface area contributed by atoms with E-state index in [2.05, 4.69) is 23.6 Å². The molecule has 0 amide bonds. The van der Waals surface area contributed by atoms with Crippen molar-refractivity contribution >= 4 is 5.78 Å². The van der Waals surface area contributed by atoms with Crippen LogP contribution < -0.4 is 0 Å². The van der Waals surface area contributed by atoms with Gasteiger partial charge in [0.1, 0.15) is 0 Å². The van der Waals surface area contributed by atoms with E-state index in [0.717, 1.165) is 31.9 Å². The summed E-state index contributed by atoms with van der Waals surface area (Å²) in [6.07, 6.45) is 1.92. The number of hydrogen-bond donors (Lipinski definition) is 0. The van der Waals surface area contributed by atoms with Gasteiger partial charge >= 0.3 is 0 Å². The van der Waals surface area contributed by atoms with Crippen LogP contribution in [0.4, 0.5) is 0 Å². The molecule has 4 nitrogen and oxygen atoms in total. The predicted octanol–water partition coefficient (Wildman–Crippen LogP) is 1.23. The molecule has 1 atom stereocenters. The fraction of sp³-hybridized carbons (Fsp3) is 0.643. The smallest absolute Gasteiger partial charge is 0.193 e. The molecule has 1 aliphatic rings. The molecule has 2 heterocycles. The van der Waals surface area contributed by atoms with E-state index in [9.17, 15) is 4.79 Å². The third kappa shape index (κ3) is 2.82. The zero-order valence-electron chi connectivity index (χ0n) is 11.6. The molecular weight excluding hydrogens is 226 g/mol. The Labute approximate surface area is 109 Å². The van der Waals surface area contributed by atoms with Crippen molar-refractivity contribution in [2.24, 2.45) is 7.05 Å². The Balaban J connectivity index is 1.91. The minimum atomic E-state index is 0.222. The van der Waals surface area contributed by atoms with Gasteiger partial charge in [0, 0.05) is 38.9 Å². The van der Waals surface area contributed by atoms with Crippen molar-refractivity contribution in [3.63, 3.8) is 0 Å². The third-order valence-corrected chi connectivity index (χ3v) is 3.85. The topological polar surface area (TPSA) is 28.5 Å². The summed E-state index contributed by atoms with van der Waals surface area (Å²) in [5, 5.41) is 0. The van der Waals surface area contributed by atoms with Gasteiger partial charge < -0.3 is 4.57 Å². The first-order valence-corrected chi connectivity index (χ1v) is 6.72. The Bertz CT molecular complexity index is 413. The fourth-order valence-corrected chi connectivity index (χ4v) is 2.72. The molecule has 1 aromatic heterocycles. The lowest BCUT2D eigenvalue weighted by Gasteiger charge is -2.39. The van der Waals surface area contributed by atoms with Crippen molar-refractivity contribution in [3.8, 4) is 0 Å². The zero-order chi connectivity index (χ0) is 13.1. The van der Waals surface area contributed by atoms with Crippen LogP contribution in [0.1, 0.15) is 24.3 Å². The van der Waals surface area contributed by atoms with Gasteiger partial charge in [-0.1, -0.05) is 6.92 Å². The molecule has 1 aromatic rings. The Morgan fingerprint density at radius 2 is 2.22 bits per heavy atom. The Morgan fingerprint density at radius 3 is 2.78 bits per heavy atom. The van der Waals surface area contributed by atoms with Crippen LogP contribution in [0, 0.1) is 0 Å². The first-order valence-electron chi connectivity index (χ1n) is 6.72. The molecule has 0 aliphatic carbocycles. The van der Waals surface area contributed by atoms with Crippen LogP contribution >= 0.6 is 0 Å². The molecule has 2 rings (SSSR count). The van der Waals surface area contributed by atoms with E-state index in [1.54, 1.807) is 0 Å². The number of aromatic nitrogens is 1. The average molecular weight is 249 g/mol.